The fraction of sp³-hybridized carbons (Fsp3) is 0.217. The maximum atomic E-state index is 12.9. The van der Waals surface area contributed by atoms with Gasteiger partial charge in [0.15, 0.2) is 5.76 Å². The number of rotatable bonds is 2. The molecule has 1 atom stereocenters. The summed E-state index contributed by atoms with van der Waals surface area (Å²) in [6.07, 6.45) is 3.10. The number of pyridine rings is 1. The average Bonchev–Trinajstić information content (AvgIpc) is 3.15. The van der Waals surface area contributed by atoms with E-state index >= 15 is 0 Å². The van der Waals surface area contributed by atoms with Crippen molar-refractivity contribution in [2.75, 3.05) is 0 Å². The summed E-state index contributed by atoms with van der Waals surface area (Å²) in [6, 6.07) is 18.1. The van der Waals surface area contributed by atoms with Crippen LogP contribution >= 0.6 is 0 Å². The van der Waals surface area contributed by atoms with Gasteiger partial charge in [0.05, 0.1) is 11.6 Å². The molecule has 27 heavy (non-hydrogen) atoms. The van der Waals surface area contributed by atoms with E-state index in [0.717, 1.165) is 46.8 Å². The van der Waals surface area contributed by atoms with Gasteiger partial charge in [0.25, 0.3) is 5.91 Å². The van der Waals surface area contributed by atoms with Crippen molar-refractivity contribution in [3.8, 4) is 0 Å². The first-order chi connectivity index (χ1) is 13.2. The topological polar surface area (TPSA) is 55.1 Å². The molecule has 1 amide bonds. The number of para-hydroxylation sites is 1. The van der Waals surface area contributed by atoms with Crippen LogP contribution in [-0.4, -0.2) is 10.9 Å². The fourth-order valence-electron chi connectivity index (χ4n) is 4.11. The molecule has 4 heteroatoms. The van der Waals surface area contributed by atoms with Crippen molar-refractivity contribution in [3.63, 3.8) is 0 Å². The van der Waals surface area contributed by atoms with Crippen molar-refractivity contribution in [2.45, 2.75) is 32.2 Å². The van der Waals surface area contributed by atoms with E-state index in [4.69, 9.17) is 4.42 Å². The number of aromatic nitrogens is 1. The van der Waals surface area contributed by atoms with Gasteiger partial charge in [0.1, 0.15) is 5.58 Å². The molecule has 0 spiro atoms. The summed E-state index contributed by atoms with van der Waals surface area (Å²) in [7, 11) is 0. The van der Waals surface area contributed by atoms with E-state index in [2.05, 4.69) is 28.5 Å². The third-order valence-electron chi connectivity index (χ3n) is 5.46. The zero-order chi connectivity index (χ0) is 18.4. The number of nitrogens with zero attached hydrogens (tertiary/aromatic N) is 1. The number of fused-ring (bicyclic) bond motifs is 4. The number of carbonyl (C=O) groups is 1. The molecule has 0 radical (unpaired) electrons. The second kappa shape index (κ2) is 6.23. The highest BCUT2D eigenvalue weighted by Crippen LogP contribution is 2.32. The molecule has 2 aromatic heterocycles. The summed E-state index contributed by atoms with van der Waals surface area (Å²) >= 11 is 0. The van der Waals surface area contributed by atoms with Crippen molar-refractivity contribution in [1.29, 1.82) is 0 Å². The number of aryl methyl sites for hydroxylation is 2. The molecule has 1 N–H and O–H groups in total. The first kappa shape index (κ1) is 16.1. The highest BCUT2D eigenvalue weighted by Gasteiger charge is 2.24. The Kier molecular flexibility index (Phi) is 3.71. The van der Waals surface area contributed by atoms with Crippen LogP contribution in [0, 0.1) is 6.92 Å². The third-order valence-corrected chi connectivity index (χ3v) is 5.46. The minimum atomic E-state index is -0.170. The van der Waals surface area contributed by atoms with Crippen LogP contribution in [0.5, 0.6) is 0 Å². The summed E-state index contributed by atoms with van der Waals surface area (Å²) in [4.78, 5) is 17.5. The molecule has 0 fully saturated rings. The predicted octanol–water partition coefficient (Wildman–Crippen LogP) is 5.10. The Balaban J connectivity index is 1.52. The standard InChI is InChI=1S/C23H20N2O2/c1-14-18-13-21(27-22(18)17-10-4-5-11-20(17)24-14)23(26)25-19-12-6-8-15-7-2-3-9-16(15)19/h2-5,7,9-11,13,19H,6,8,12H2,1H3,(H,25,26)/t19-/m1/s1. The Labute approximate surface area is 157 Å². The van der Waals surface area contributed by atoms with Gasteiger partial charge in [-0.15, -0.1) is 0 Å². The Hall–Kier alpha value is -3.14. The van der Waals surface area contributed by atoms with Crippen LogP contribution in [0.1, 0.15) is 46.3 Å². The predicted molar refractivity (Wildman–Crippen MR) is 106 cm³/mol. The lowest BCUT2D eigenvalue weighted by Crippen LogP contribution is -2.30. The van der Waals surface area contributed by atoms with Crippen molar-refractivity contribution < 1.29 is 9.21 Å². The molecule has 4 aromatic rings. The van der Waals surface area contributed by atoms with Gasteiger partial charge in [0, 0.05) is 16.5 Å². The van der Waals surface area contributed by atoms with Crippen molar-refractivity contribution in [2.24, 2.45) is 0 Å². The maximum Gasteiger partial charge on any atom is 0.287 e. The van der Waals surface area contributed by atoms with E-state index in [0.29, 0.717) is 5.76 Å². The average molecular weight is 356 g/mol. The van der Waals surface area contributed by atoms with Gasteiger partial charge in [-0.3, -0.25) is 9.78 Å². The third kappa shape index (κ3) is 2.69. The van der Waals surface area contributed by atoms with Gasteiger partial charge >= 0.3 is 0 Å². The zero-order valence-electron chi connectivity index (χ0n) is 15.2. The fourth-order valence-corrected chi connectivity index (χ4v) is 4.11. The largest absolute Gasteiger partial charge is 0.450 e. The molecule has 1 aliphatic carbocycles. The Morgan fingerprint density at radius 1 is 1.11 bits per heavy atom. The lowest BCUT2D eigenvalue weighted by molar-refractivity contribution is 0.0907. The summed E-state index contributed by atoms with van der Waals surface area (Å²) in [5.41, 5.74) is 5.02. The number of nitrogens with one attached hydrogen (secondary N) is 1. The second-order valence-corrected chi connectivity index (χ2v) is 7.18. The van der Waals surface area contributed by atoms with Gasteiger partial charge in [-0.25, -0.2) is 0 Å². The molecule has 134 valence electrons. The van der Waals surface area contributed by atoms with Gasteiger partial charge < -0.3 is 9.73 Å². The van der Waals surface area contributed by atoms with E-state index in [1.54, 1.807) is 0 Å². The lowest BCUT2D eigenvalue weighted by Gasteiger charge is -2.25. The normalized spacial score (nSPS) is 16.4. The van der Waals surface area contributed by atoms with Gasteiger partial charge in [-0.1, -0.05) is 36.4 Å². The van der Waals surface area contributed by atoms with Crippen molar-refractivity contribution in [3.05, 3.63) is 77.2 Å². The molecular weight excluding hydrogens is 336 g/mol. The first-order valence-electron chi connectivity index (χ1n) is 9.38. The Morgan fingerprint density at radius 2 is 1.93 bits per heavy atom. The minimum absolute atomic E-state index is 0.0339. The summed E-state index contributed by atoms with van der Waals surface area (Å²) in [5.74, 6) is 0.172. The molecule has 0 aliphatic heterocycles. The molecule has 5 rings (SSSR count). The van der Waals surface area contributed by atoms with Gasteiger partial charge in [0.2, 0.25) is 0 Å². The molecule has 4 nitrogen and oxygen atoms in total. The highest BCUT2D eigenvalue weighted by atomic mass is 16.3. The van der Waals surface area contributed by atoms with Crippen LogP contribution in [0.3, 0.4) is 0 Å². The number of amides is 1. The molecule has 2 aromatic carbocycles. The molecule has 0 saturated carbocycles. The van der Waals surface area contributed by atoms with Gasteiger partial charge in [-0.05, 0) is 55.5 Å². The first-order valence-corrected chi connectivity index (χ1v) is 9.38. The van der Waals surface area contributed by atoms with Crippen LogP contribution in [0.4, 0.5) is 0 Å². The Morgan fingerprint density at radius 3 is 2.85 bits per heavy atom. The lowest BCUT2D eigenvalue weighted by atomic mass is 9.88. The zero-order valence-corrected chi connectivity index (χ0v) is 15.2. The summed E-state index contributed by atoms with van der Waals surface area (Å²) in [6.45, 7) is 1.95. The molecule has 0 unspecified atom stereocenters. The molecule has 1 aliphatic rings. The number of furan rings is 1. The Bertz CT molecular complexity index is 1180. The minimum Gasteiger partial charge on any atom is -0.450 e. The molecule has 0 bridgehead atoms. The van der Waals surface area contributed by atoms with E-state index in [9.17, 15) is 4.79 Å². The van der Waals surface area contributed by atoms with Crippen molar-refractivity contribution in [1.82, 2.24) is 10.3 Å². The summed E-state index contributed by atoms with van der Waals surface area (Å²) in [5, 5.41) is 4.99. The van der Waals surface area contributed by atoms with Crippen LogP contribution in [-0.2, 0) is 6.42 Å². The number of hydrogen-bond donors (Lipinski definition) is 1. The second-order valence-electron chi connectivity index (χ2n) is 7.18. The van der Waals surface area contributed by atoms with E-state index in [-0.39, 0.29) is 11.9 Å². The van der Waals surface area contributed by atoms with E-state index in [1.165, 1.54) is 11.1 Å². The van der Waals surface area contributed by atoms with Crippen LogP contribution in [0.2, 0.25) is 0 Å². The smallest absolute Gasteiger partial charge is 0.287 e. The number of benzene rings is 2. The van der Waals surface area contributed by atoms with Gasteiger partial charge in [-0.2, -0.15) is 0 Å². The number of carbonyl (C=O) groups excluding carboxylic acids is 1. The van der Waals surface area contributed by atoms with Crippen LogP contribution in [0.25, 0.3) is 21.9 Å². The highest BCUT2D eigenvalue weighted by molar-refractivity contribution is 6.06. The molecular formula is C23H20N2O2. The SMILES string of the molecule is Cc1nc2ccccc2c2oc(C(=O)N[C@@H]3CCCc4ccccc43)cc12. The van der Waals surface area contributed by atoms with Crippen molar-refractivity contribution >= 4 is 27.8 Å². The number of hydrogen-bond acceptors (Lipinski definition) is 3. The van der Waals surface area contributed by atoms with Crippen LogP contribution < -0.4 is 5.32 Å². The molecule has 2 heterocycles. The van der Waals surface area contributed by atoms with Crippen LogP contribution in [0.15, 0.2) is 59.0 Å². The quantitative estimate of drug-likeness (QED) is 0.544. The van der Waals surface area contributed by atoms with E-state index < -0.39 is 0 Å². The molecule has 0 saturated heterocycles. The maximum absolute atomic E-state index is 12.9. The van der Waals surface area contributed by atoms with E-state index in [1.807, 2.05) is 43.3 Å². The summed E-state index contributed by atoms with van der Waals surface area (Å²) < 4.78 is 6.00. The monoisotopic (exact) mass is 356 g/mol.